The normalized spacial score (nSPS) is 11.1. The van der Waals surface area contributed by atoms with E-state index in [2.05, 4.69) is 25.9 Å². The lowest BCUT2D eigenvalue weighted by atomic mass is 10.1. The molecule has 0 saturated heterocycles. The van der Waals surface area contributed by atoms with Crippen LogP contribution in [0, 0.1) is 0 Å². The van der Waals surface area contributed by atoms with Gasteiger partial charge in [0.25, 0.3) is 5.91 Å². The van der Waals surface area contributed by atoms with E-state index in [4.69, 9.17) is 11.6 Å². The van der Waals surface area contributed by atoms with Crippen molar-refractivity contribution < 1.29 is 4.79 Å². The van der Waals surface area contributed by atoms with Gasteiger partial charge >= 0.3 is 0 Å². The second-order valence-corrected chi connectivity index (χ2v) is 6.31. The summed E-state index contributed by atoms with van der Waals surface area (Å²) in [6.45, 7) is 6.53. The smallest absolute Gasteiger partial charge is 0.251 e. The first-order valence-electron chi connectivity index (χ1n) is 9.12. The van der Waals surface area contributed by atoms with Crippen LogP contribution in [0.4, 0.5) is 0 Å². The quantitative estimate of drug-likeness (QED) is 0.369. The van der Waals surface area contributed by atoms with Crippen LogP contribution in [0.2, 0.25) is 5.15 Å². The third-order valence-corrected chi connectivity index (χ3v) is 4.01. The van der Waals surface area contributed by atoms with E-state index < -0.39 is 0 Å². The molecule has 0 aliphatic carbocycles. The minimum Gasteiger partial charge on any atom is -0.357 e. The van der Waals surface area contributed by atoms with Crippen molar-refractivity contribution in [1.82, 2.24) is 20.9 Å². The number of carbonyl (C=O) groups excluding carboxylic acids is 1. The van der Waals surface area contributed by atoms with Crippen LogP contribution in [0.5, 0.6) is 0 Å². The molecule has 2 rings (SSSR count). The fourth-order valence-electron chi connectivity index (χ4n) is 2.47. The van der Waals surface area contributed by atoms with E-state index in [-0.39, 0.29) is 5.91 Å². The van der Waals surface area contributed by atoms with Gasteiger partial charge in [0.15, 0.2) is 5.96 Å². The van der Waals surface area contributed by atoms with Crippen molar-refractivity contribution in [1.29, 1.82) is 0 Å². The van der Waals surface area contributed by atoms with Crippen molar-refractivity contribution in [2.24, 2.45) is 4.99 Å². The molecule has 27 heavy (non-hydrogen) atoms. The molecule has 0 saturated carbocycles. The van der Waals surface area contributed by atoms with Gasteiger partial charge in [-0.15, -0.1) is 0 Å². The van der Waals surface area contributed by atoms with E-state index in [1.54, 1.807) is 12.3 Å². The van der Waals surface area contributed by atoms with Gasteiger partial charge < -0.3 is 16.0 Å². The number of benzene rings is 1. The number of nitrogens with zero attached hydrogens (tertiary/aromatic N) is 2. The molecule has 1 aromatic heterocycles. The third kappa shape index (κ3) is 7.27. The summed E-state index contributed by atoms with van der Waals surface area (Å²) in [6, 6.07) is 11.3. The molecule has 0 bridgehead atoms. The maximum absolute atomic E-state index is 11.9. The van der Waals surface area contributed by atoms with Crippen LogP contribution in [-0.2, 0) is 13.0 Å². The summed E-state index contributed by atoms with van der Waals surface area (Å²) in [5, 5.41) is 9.84. The summed E-state index contributed by atoms with van der Waals surface area (Å²) in [4.78, 5) is 20.6. The van der Waals surface area contributed by atoms with Crippen LogP contribution in [0.25, 0.3) is 0 Å². The second kappa shape index (κ2) is 11.2. The number of guanidine groups is 1. The van der Waals surface area contributed by atoms with E-state index in [0.717, 1.165) is 36.6 Å². The highest BCUT2D eigenvalue weighted by Gasteiger charge is 2.05. The molecule has 0 aliphatic rings. The highest BCUT2D eigenvalue weighted by molar-refractivity contribution is 6.29. The summed E-state index contributed by atoms with van der Waals surface area (Å²) in [7, 11) is 0. The lowest BCUT2D eigenvalue weighted by Crippen LogP contribution is -2.38. The number of aromatic nitrogens is 1. The number of pyridine rings is 1. The molecule has 0 fully saturated rings. The monoisotopic (exact) mass is 387 g/mol. The first kappa shape index (κ1) is 20.7. The van der Waals surface area contributed by atoms with Crippen LogP contribution in [0.1, 0.15) is 35.3 Å². The minimum atomic E-state index is -0.0649. The zero-order valence-corrected chi connectivity index (χ0v) is 16.5. The molecular weight excluding hydrogens is 362 g/mol. The number of rotatable bonds is 8. The van der Waals surface area contributed by atoms with Crippen molar-refractivity contribution in [3.8, 4) is 0 Å². The van der Waals surface area contributed by atoms with Gasteiger partial charge in [0.1, 0.15) is 5.15 Å². The van der Waals surface area contributed by atoms with Crippen LogP contribution in [0.15, 0.2) is 47.6 Å². The lowest BCUT2D eigenvalue weighted by molar-refractivity contribution is 0.0955. The highest BCUT2D eigenvalue weighted by Crippen LogP contribution is 2.07. The maximum atomic E-state index is 11.9. The van der Waals surface area contributed by atoms with Crippen molar-refractivity contribution in [2.45, 2.75) is 26.8 Å². The van der Waals surface area contributed by atoms with E-state index >= 15 is 0 Å². The molecular formula is C20H26ClN5O. The Labute approximate surface area is 165 Å². The molecule has 6 nitrogen and oxygen atoms in total. The topological polar surface area (TPSA) is 78.4 Å². The summed E-state index contributed by atoms with van der Waals surface area (Å²) < 4.78 is 0. The average Bonchev–Trinajstić information content (AvgIpc) is 2.68. The van der Waals surface area contributed by atoms with Gasteiger partial charge in [0.2, 0.25) is 0 Å². The maximum Gasteiger partial charge on any atom is 0.251 e. The Morgan fingerprint density at radius 2 is 1.89 bits per heavy atom. The Kier molecular flexibility index (Phi) is 8.58. The van der Waals surface area contributed by atoms with Crippen LogP contribution in [-0.4, -0.2) is 36.5 Å². The molecule has 0 unspecified atom stereocenters. The minimum absolute atomic E-state index is 0.0649. The SMILES string of the molecule is CCNC(=O)c1cccc(CN=C(NCC)NCCc2ccc(Cl)nc2)c1. The van der Waals surface area contributed by atoms with E-state index in [1.807, 2.05) is 44.2 Å². The molecule has 144 valence electrons. The number of halogens is 1. The Balaban J connectivity index is 1.93. The summed E-state index contributed by atoms with van der Waals surface area (Å²) in [6.07, 6.45) is 2.60. The summed E-state index contributed by atoms with van der Waals surface area (Å²) >= 11 is 5.80. The lowest BCUT2D eigenvalue weighted by Gasteiger charge is -2.11. The van der Waals surface area contributed by atoms with Gasteiger partial charge in [-0.05, 0) is 49.6 Å². The molecule has 1 heterocycles. The first-order valence-corrected chi connectivity index (χ1v) is 9.50. The average molecular weight is 388 g/mol. The fourth-order valence-corrected chi connectivity index (χ4v) is 2.58. The van der Waals surface area contributed by atoms with Crippen LogP contribution in [0.3, 0.4) is 0 Å². The number of nitrogens with one attached hydrogen (secondary N) is 3. The number of amides is 1. The largest absolute Gasteiger partial charge is 0.357 e. The molecule has 1 aromatic carbocycles. The van der Waals surface area contributed by atoms with E-state index in [9.17, 15) is 4.79 Å². The third-order valence-electron chi connectivity index (χ3n) is 3.79. The predicted molar refractivity (Wildman–Crippen MR) is 110 cm³/mol. The Bertz CT molecular complexity index is 761. The van der Waals surface area contributed by atoms with Crippen LogP contribution < -0.4 is 16.0 Å². The zero-order chi connectivity index (χ0) is 19.5. The highest BCUT2D eigenvalue weighted by atomic mass is 35.5. The number of hydrogen-bond acceptors (Lipinski definition) is 3. The van der Waals surface area contributed by atoms with Gasteiger partial charge in [-0.3, -0.25) is 4.79 Å². The zero-order valence-electron chi connectivity index (χ0n) is 15.8. The first-order chi connectivity index (χ1) is 13.1. The van der Waals surface area contributed by atoms with Gasteiger partial charge in [-0.1, -0.05) is 29.8 Å². The summed E-state index contributed by atoms with van der Waals surface area (Å²) in [5.41, 5.74) is 2.74. The van der Waals surface area contributed by atoms with Gasteiger partial charge in [-0.2, -0.15) is 0 Å². The van der Waals surface area contributed by atoms with E-state index in [1.165, 1.54) is 0 Å². The van der Waals surface area contributed by atoms with Crippen LogP contribution >= 0.6 is 11.6 Å². The van der Waals surface area contributed by atoms with E-state index in [0.29, 0.717) is 23.8 Å². The van der Waals surface area contributed by atoms with Gasteiger partial charge in [-0.25, -0.2) is 9.98 Å². The van der Waals surface area contributed by atoms with Gasteiger partial charge in [0, 0.05) is 31.4 Å². The van der Waals surface area contributed by atoms with Crippen molar-refractivity contribution in [3.63, 3.8) is 0 Å². The van der Waals surface area contributed by atoms with Crippen molar-refractivity contribution >= 4 is 23.5 Å². The second-order valence-electron chi connectivity index (χ2n) is 5.92. The summed E-state index contributed by atoms with van der Waals surface area (Å²) in [5.74, 6) is 0.674. The Morgan fingerprint density at radius 3 is 2.59 bits per heavy atom. The fraction of sp³-hybridized carbons (Fsp3) is 0.350. The number of aliphatic imine (C=N–C) groups is 1. The molecule has 0 aliphatic heterocycles. The Morgan fingerprint density at radius 1 is 1.07 bits per heavy atom. The predicted octanol–water partition coefficient (Wildman–Crippen LogP) is 2.78. The molecule has 0 radical (unpaired) electrons. The Hall–Kier alpha value is -2.60. The molecule has 0 spiro atoms. The van der Waals surface area contributed by atoms with Gasteiger partial charge in [0.05, 0.1) is 6.54 Å². The molecule has 7 heteroatoms. The van der Waals surface area contributed by atoms with Crippen molar-refractivity contribution in [3.05, 3.63) is 64.4 Å². The molecule has 1 amide bonds. The standard InChI is InChI=1S/C20H26ClN5O/c1-3-22-19(27)17-7-5-6-16(12-17)14-26-20(23-4-2)24-11-10-15-8-9-18(21)25-13-15/h5-9,12-13H,3-4,10-11,14H2,1-2H3,(H,22,27)(H2,23,24,26). The molecule has 3 N–H and O–H groups in total. The number of carbonyl (C=O) groups is 1. The molecule has 0 atom stereocenters. The van der Waals surface area contributed by atoms with Crippen molar-refractivity contribution in [2.75, 3.05) is 19.6 Å². The number of hydrogen-bond donors (Lipinski definition) is 3. The molecule has 2 aromatic rings.